The number of primary amides is 1. The largest absolute Gasteiger partial charge is 0.369 e. The molecule has 0 rings (SSSR count). The van der Waals surface area contributed by atoms with Crippen LogP contribution in [0, 0.1) is 5.41 Å². The van der Waals surface area contributed by atoms with Gasteiger partial charge in [-0.25, -0.2) is 0 Å². The lowest BCUT2D eigenvalue weighted by Crippen LogP contribution is -2.59. The van der Waals surface area contributed by atoms with Crippen LogP contribution in [-0.4, -0.2) is 43.2 Å². The van der Waals surface area contributed by atoms with Gasteiger partial charge in [-0.2, -0.15) is 0 Å². The Bertz CT molecular complexity index is 343. The molecule has 0 aliphatic rings. The van der Waals surface area contributed by atoms with Gasteiger partial charge in [0, 0.05) is 19.2 Å². The zero-order valence-corrected chi connectivity index (χ0v) is 13.7. The number of ether oxygens (including phenoxy) is 1. The molecule has 4 N–H and O–H groups in total. The fourth-order valence-electron chi connectivity index (χ4n) is 1.61. The molecule has 0 saturated heterocycles. The smallest absolute Gasteiger partial charge is 0.251 e. The maximum Gasteiger partial charge on any atom is 0.251 e. The lowest BCUT2D eigenvalue weighted by atomic mass is 9.95. The van der Waals surface area contributed by atoms with E-state index in [0.29, 0.717) is 6.54 Å². The molecular weight excluding hydrogens is 258 g/mol. The second-order valence-electron chi connectivity index (χ2n) is 7.22. The van der Waals surface area contributed by atoms with Gasteiger partial charge >= 0.3 is 0 Å². The molecule has 2 atom stereocenters. The summed E-state index contributed by atoms with van der Waals surface area (Å²) in [6, 6.07) is -0.860. The highest BCUT2D eigenvalue weighted by Gasteiger charge is 2.34. The van der Waals surface area contributed by atoms with Crippen molar-refractivity contribution in [1.29, 1.82) is 0 Å². The van der Waals surface area contributed by atoms with Crippen LogP contribution < -0.4 is 16.4 Å². The maximum atomic E-state index is 12.2. The standard InChI is InChI=1S/C14H29N3O3/c1-13(2,3)8-16-9(11(15)18)10(20-7)12(19)17-14(4,5)6/h9-10,16H,8H2,1-7H3,(H2,15,18)(H,17,19). The van der Waals surface area contributed by atoms with Crippen molar-refractivity contribution in [2.75, 3.05) is 13.7 Å². The van der Waals surface area contributed by atoms with Gasteiger partial charge in [-0.05, 0) is 26.2 Å². The second kappa shape index (κ2) is 7.04. The van der Waals surface area contributed by atoms with Gasteiger partial charge in [0.05, 0.1) is 0 Å². The van der Waals surface area contributed by atoms with E-state index in [9.17, 15) is 9.59 Å². The summed E-state index contributed by atoms with van der Waals surface area (Å²) in [6.07, 6.45) is -0.950. The SMILES string of the molecule is COC(C(=O)NC(C)(C)C)C(NCC(C)(C)C)C(N)=O. The predicted octanol–water partition coefficient (Wildman–Crippen LogP) is 0.406. The van der Waals surface area contributed by atoms with Crippen molar-refractivity contribution >= 4 is 11.8 Å². The minimum atomic E-state index is -0.950. The monoisotopic (exact) mass is 287 g/mol. The summed E-state index contributed by atoms with van der Waals surface area (Å²) in [5.41, 5.74) is 4.94. The molecule has 2 unspecified atom stereocenters. The zero-order chi connectivity index (χ0) is 16.1. The Kier molecular flexibility index (Phi) is 6.64. The van der Waals surface area contributed by atoms with Gasteiger partial charge in [0.2, 0.25) is 5.91 Å². The highest BCUT2D eigenvalue weighted by molar-refractivity contribution is 5.91. The first-order chi connectivity index (χ1) is 8.87. The Hall–Kier alpha value is -1.14. The zero-order valence-electron chi connectivity index (χ0n) is 13.7. The average Bonchev–Trinajstić information content (AvgIpc) is 2.19. The van der Waals surface area contributed by atoms with E-state index in [1.165, 1.54) is 7.11 Å². The van der Waals surface area contributed by atoms with Crippen LogP contribution in [-0.2, 0) is 14.3 Å². The number of amides is 2. The fraction of sp³-hybridized carbons (Fsp3) is 0.857. The second-order valence-corrected chi connectivity index (χ2v) is 7.22. The highest BCUT2D eigenvalue weighted by Crippen LogP contribution is 2.12. The number of methoxy groups -OCH3 is 1. The van der Waals surface area contributed by atoms with Gasteiger partial charge in [0.25, 0.3) is 5.91 Å². The summed E-state index contributed by atoms with van der Waals surface area (Å²) < 4.78 is 5.17. The van der Waals surface area contributed by atoms with Crippen molar-refractivity contribution in [3.05, 3.63) is 0 Å². The van der Waals surface area contributed by atoms with E-state index in [4.69, 9.17) is 10.5 Å². The lowest BCUT2D eigenvalue weighted by molar-refractivity contribution is -0.139. The molecular formula is C14H29N3O3. The average molecular weight is 287 g/mol. The maximum absolute atomic E-state index is 12.2. The topological polar surface area (TPSA) is 93.4 Å². The van der Waals surface area contributed by atoms with Gasteiger partial charge in [-0.1, -0.05) is 20.8 Å². The van der Waals surface area contributed by atoms with Crippen molar-refractivity contribution in [2.24, 2.45) is 11.1 Å². The highest BCUT2D eigenvalue weighted by atomic mass is 16.5. The van der Waals surface area contributed by atoms with Crippen molar-refractivity contribution in [1.82, 2.24) is 10.6 Å². The van der Waals surface area contributed by atoms with E-state index in [-0.39, 0.29) is 11.3 Å². The van der Waals surface area contributed by atoms with Gasteiger partial charge in [-0.3, -0.25) is 9.59 Å². The van der Waals surface area contributed by atoms with Crippen LogP contribution in [0.4, 0.5) is 0 Å². The Morgan fingerprint density at radius 1 is 1.15 bits per heavy atom. The molecule has 0 aromatic carbocycles. The number of carbonyl (C=O) groups excluding carboxylic acids is 2. The van der Waals surface area contributed by atoms with Gasteiger partial charge in [0.1, 0.15) is 6.04 Å². The first-order valence-electron chi connectivity index (χ1n) is 6.75. The molecule has 6 heteroatoms. The van der Waals surface area contributed by atoms with Gasteiger partial charge in [0.15, 0.2) is 6.10 Å². The summed E-state index contributed by atoms with van der Waals surface area (Å²) in [4.78, 5) is 23.8. The molecule has 0 saturated carbocycles. The van der Waals surface area contributed by atoms with Gasteiger partial charge < -0.3 is 21.1 Å². The van der Waals surface area contributed by atoms with Crippen LogP contribution >= 0.6 is 0 Å². The summed E-state index contributed by atoms with van der Waals surface area (Å²) in [5, 5.41) is 5.81. The first-order valence-corrected chi connectivity index (χ1v) is 6.75. The minimum absolute atomic E-state index is 0.0352. The first kappa shape index (κ1) is 18.9. The Balaban J connectivity index is 4.93. The molecule has 0 radical (unpaired) electrons. The number of carbonyl (C=O) groups is 2. The molecule has 2 amide bonds. The number of hydrogen-bond acceptors (Lipinski definition) is 4. The van der Waals surface area contributed by atoms with Crippen LogP contribution in [0.5, 0.6) is 0 Å². The summed E-state index contributed by atoms with van der Waals surface area (Å²) in [6.45, 7) is 12.2. The summed E-state index contributed by atoms with van der Waals surface area (Å²) >= 11 is 0. The van der Waals surface area contributed by atoms with Crippen molar-refractivity contribution in [3.63, 3.8) is 0 Å². The predicted molar refractivity (Wildman–Crippen MR) is 79.1 cm³/mol. The third-order valence-corrected chi connectivity index (χ3v) is 2.47. The van der Waals surface area contributed by atoms with Crippen LogP contribution in [0.2, 0.25) is 0 Å². The molecule has 0 aromatic heterocycles. The molecule has 20 heavy (non-hydrogen) atoms. The molecule has 6 nitrogen and oxygen atoms in total. The molecule has 0 aromatic rings. The van der Waals surface area contributed by atoms with Gasteiger partial charge in [-0.15, -0.1) is 0 Å². The number of nitrogens with one attached hydrogen (secondary N) is 2. The van der Waals surface area contributed by atoms with Crippen LogP contribution in [0.25, 0.3) is 0 Å². The molecule has 118 valence electrons. The molecule has 0 aliphatic heterocycles. The van der Waals surface area contributed by atoms with E-state index in [1.54, 1.807) is 0 Å². The third-order valence-electron chi connectivity index (χ3n) is 2.47. The molecule has 0 aliphatic carbocycles. The van der Waals surface area contributed by atoms with E-state index >= 15 is 0 Å². The van der Waals surface area contributed by atoms with E-state index in [0.717, 1.165) is 0 Å². The molecule has 0 heterocycles. The Labute approximate surface area is 121 Å². The number of rotatable bonds is 6. The third kappa shape index (κ3) is 7.45. The van der Waals surface area contributed by atoms with Crippen molar-refractivity contribution in [3.8, 4) is 0 Å². The summed E-state index contributed by atoms with van der Waals surface area (Å²) in [5.74, 6) is -0.963. The minimum Gasteiger partial charge on any atom is -0.369 e. The van der Waals surface area contributed by atoms with Crippen molar-refractivity contribution in [2.45, 2.75) is 59.2 Å². The van der Waals surface area contributed by atoms with Crippen LogP contribution in [0.1, 0.15) is 41.5 Å². The van der Waals surface area contributed by atoms with Crippen LogP contribution in [0.3, 0.4) is 0 Å². The van der Waals surface area contributed by atoms with E-state index in [2.05, 4.69) is 10.6 Å². The van der Waals surface area contributed by atoms with E-state index < -0.39 is 23.6 Å². The lowest BCUT2D eigenvalue weighted by Gasteiger charge is -2.30. The van der Waals surface area contributed by atoms with Crippen molar-refractivity contribution < 1.29 is 14.3 Å². The quantitative estimate of drug-likeness (QED) is 0.659. The molecule has 0 bridgehead atoms. The molecule has 0 spiro atoms. The Morgan fingerprint density at radius 2 is 1.65 bits per heavy atom. The summed E-state index contributed by atoms with van der Waals surface area (Å²) in [7, 11) is 1.39. The number of hydrogen-bond donors (Lipinski definition) is 3. The van der Waals surface area contributed by atoms with E-state index in [1.807, 2.05) is 41.5 Å². The molecule has 0 fully saturated rings. The fourth-order valence-corrected chi connectivity index (χ4v) is 1.61. The Morgan fingerprint density at radius 3 is 1.95 bits per heavy atom. The normalized spacial score (nSPS) is 15.6. The number of nitrogens with two attached hydrogens (primary N) is 1. The van der Waals surface area contributed by atoms with Crippen LogP contribution in [0.15, 0.2) is 0 Å².